The standard InChI is InChI=1S/C11H18N4S2/c1-3-17-7-5-8(2)14-11-13-6-4-9(15-11)10(12)16/h4,6,8H,3,5,7H2,1-2H3,(H2,12,16)(H,13,14,15). The minimum atomic E-state index is 0.296. The highest BCUT2D eigenvalue weighted by molar-refractivity contribution is 7.99. The van der Waals surface area contributed by atoms with Crippen LogP contribution in [0.1, 0.15) is 26.0 Å². The predicted octanol–water partition coefficient (Wildman–Crippen LogP) is 2.05. The number of nitrogens with one attached hydrogen (secondary N) is 1. The Labute approximate surface area is 112 Å². The van der Waals surface area contributed by atoms with Crippen LogP contribution in [-0.4, -0.2) is 32.5 Å². The molecule has 0 amide bonds. The number of thioether (sulfide) groups is 1. The Morgan fingerprint density at radius 3 is 3.06 bits per heavy atom. The van der Waals surface area contributed by atoms with Crippen LogP contribution in [0.3, 0.4) is 0 Å². The highest BCUT2D eigenvalue weighted by Gasteiger charge is 2.05. The number of nitrogens with two attached hydrogens (primary N) is 1. The fraction of sp³-hybridized carbons (Fsp3) is 0.545. The maximum Gasteiger partial charge on any atom is 0.223 e. The Balaban J connectivity index is 2.50. The van der Waals surface area contributed by atoms with E-state index in [0.29, 0.717) is 22.7 Å². The lowest BCUT2D eigenvalue weighted by molar-refractivity contribution is 0.759. The van der Waals surface area contributed by atoms with Crippen LogP contribution in [0.2, 0.25) is 0 Å². The zero-order valence-electron chi connectivity index (χ0n) is 10.1. The first kappa shape index (κ1) is 14.2. The van der Waals surface area contributed by atoms with Crippen molar-refractivity contribution >= 4 is 34.9 Å². The number of hydrogen-bond donors (Lipinski definition) is 2. The van der Waals surface area contributed by atoms with E-state index in [0.717, 1.165) is 17.9 Å². The highest BCUT2D eigenvalue weighted by Crippen LogP contribution is 2.08. The van der Waals surface area contributed by atoms with Gasteiger partial charge in [0.15, 0.2) is 0 Å². The highest BCUT2D eigenvalue weighted by atomic mass is 32.2. The molecule has 0 aliphatic rings. The molecule has 0 aromatic carbocycles. The number of hydrogen-bond acceptors (Lipinski definition) is 5. The van der Waals surface area contributed by atoms with Gasteiger partial charge in [0.25, 0.3) is 0 Å². The summed E-state index contributed by atoms with van der Waals surface area (Å²) in [6, 6.07) is 2.06. The van der Waals surface area contributed by atoms with Crippen molar-refractivity contribution in [3.05, 3.63) is 18.0 Å². The predicted molar refractivity (Wildman–Crippen MR) is 78.6 cm³/mol. The Kier molecular flexibility index (Phi) is 6.21. The van der Waals surface area contributed by atoms with Crippen molar-refractivity contribution < 1.29 is 0 Å². The minimum absolute atomic E-state index is 0.296. The molecule has 1 heterocycles. The summed E-state index contributed by atoms with van der Waals surface area (Å²) in [6.45, 7) is 4.28. The first-order chi connectivity index (χ1) is 8.13. The molecule has 0 saturated carbocycles. The van der Waals surface area contributed by atoms with E-state index in [1.165, 1.54) is 0 Å². The summed E-state index contributed by atoms with van der Waals surface area (Å²) in [4.78, 5) is 8.69. The maximum absolute atomic E-state index is 5.52. The Morgan fingerprint density at radius 2 is 2.41 bits per heavy atom. The van der Waals surface area contributed by atoms with E-state index in [2.05, 4.69) is 29.1 Å². The van der Waals surface area contributed by atoms with Crippen molar-refractivity contribution in [2.45, 2.75) is 26.3 Å². The quantitative estimate of drug-likeness (QED) is 0.584. The van der Waals surface area contributed by atoms with Crippen molar-refractivity contribution in [2.75, 3.05) is 16.8 Å². The van der Waals surface area contributed by atoms with Gasteiger partial charge in [0, 0.05) is 12.2 Å². The summed E-state index contributed by atoms with van der Waals surface area (Å²) < 4.78 is 0. The molecule has 6 heteroatoms. The van der Waals surface area contributed by atoms with Crippen LogP contribution in [0.4, 0.5) is 5.95 Å². The summed E-state index contributed by atoms with van der Waals surface area (Å²) in [5.74, 6) is 2.88. The van der Waals surface area contributed by atoms with Crippen molar-refractivity contribution in [3.63, 3.8) is 0 Å². The van der Waals surface area contributed by atoms with Gasteiger partial charge in [0.2, 0.25) is 5.95 Å². The third kappa shape index (κ3) is 5.32. The van der Waals surface area contributed by atoms with Gasteiger partial charge in [-0.15, -0.1) is 0 Å². The third-order valence-corrected chi connectivity index (χ3v) is 3.32. The largest absolute Gasteiger partial charge is 0.388 e. The molecule has 1 aromatic heterocycles. The molecule has 17 heavy (non-hydrogen) atoms. The van der Waals surface area contributed by atoms with Gasteiger partial charge in [-0.1, -0.05) is 19.1 Å². The van der Waals surface area contributed by atoms with Gasteiger partial charge < -0.3 is 11.1 Å². The second-order valence-electron chi connectivity index (χ2n) is 3.66. The van der Waals surface area contributed by atoms with Crippen molar-refractivity contribution in [3.8, 4) is 0 Å². The molecule has 0 aliphatic carbocycles. The van der Waals surface area contributed by atoms with Gasteiger partial charge in [0.1, 0.15) is 10.7 Å². The summed E-state index contributed by atoms with van der Waals surface area (Å²) in [7, 11) is 0. The fourth-order valence-electron chi connectivity index (χ4n) is 1.26. The van der Waals surface area contributed by atoms with E-state index in [1.54, 1.807) is 12.3 Å². The molecule has 1 atom stereocenters. The first-order valence-electron chi connectivity index (χ1n) is 5.60. The third-order valence-electron chi connectivity index (χ3n) is 2.18. The normalized spacial score (nSPS) is 12.1. The van der Waals surface area contributed by atoms with E-state index in [4.69, 9.17) is 18.0 Å². The lowest BCUT2D eigenvalue weighted by Gasteiger charge is -2.13. The Bertz CT molecular complexity index is 370. The average Bonchev–Trinajstić information content (AvgIpc) is 2.29. The summed E-state index contributed by atoms with van der Waals surface area (Å²) in [5.41, 5.74) is 6.13. The lowest BCUT2D eigenvalue weighted by atomic mass is 10.3. The molecule has 94 valence electrons. The fourth-order valence-corrected chi connectivity index (χ4v) is 2.19. The van der Waals surface area contributed by atoms with Crippen LogP contribution >= 0.6 is 24.0 Å². The van der Waals surface area contributed by atoms with Crippen molar-refractivity contribution in [2.24, 2.45) is 5.73 Å². The smallest absolute Gasteiger partial charge is 0.223 e. The van der Waals surface area contributed by atoms with Crippen LogP contribution in [0.25, 0.3) is 0 Å². The van der Waals surface area contributed by atoms with E-state index in [9.17, 15) is 0 Å². The second-order valence-corrected chi connectivity index (χ2v) is 5.49. The number of thiocarbonyl (C=S) groups is 1. The van der Waals surface area contributed by atoms with Crippen LogP contribution in [-0.2, 0) is 0 Å². The van der Waals surface area contributed by atoms with Gasteiger partial charge in [-0.2, -0.15) is 11.8 Å². The van der Waals surface area contributed by atoms with E-state index < -0.39 is 0 Å². The van der Waals surface area contributed by atoms with Crippen molar-refractivity contribution in [1.82, 2.24) is 9.97 Å². The molecular formula is C11H18N4S2. The van der Waals surface area contributed by atoms with Crippen LogP contribution in [0, 0.1) is 0 Å². The summed E-state index contributed by atoms with van der Waals surface area (Å²) >= 11 is 6.81. The molecule has 0 radical (unpaired) electrons. The van der Waals surface area contributed by atoms with Gasteiger partial charge in [-0.05, 0) is 30.9 Å². The lowest BCUT2D eigenvalue weighted by Crippen LogP contribution is -2.19. The Morgan fingerprint density at radius 1 is 1.65 bits per heavy atom. The SMILES string of the molecule is CCSCCC(C)Nc1nccc(C(N)=S)n1. The van der Waals surface area contributed by atoms with Gasteiger partial charge >= 0.3 is 0 Å². The first-order valence-corrected chi connectivity index (χ1v) is 7.17. The monoisotopic (exact) mass is 270 g/mol. The number of nitrogens with zero attached hydrogens (tertiary/aromatic N) is 2. The number of rotatable bonds is 7. The van der Waals surface area contributed by atoms with E-state index in [-0.39, 0.29) is 0 Å². The van der Waals surface area contributed by atoms with Gasteiger partial charge in [-0.25, -0.2) is 9.97 Å². The molecular weight excluding hydrogens is 252 g/mol. The average molecular weight is 270 g/mol. The van der Waals surface area contributed by atoms with Crippen LogP contribution in [0.5, 0.6) is 0 Å². The van der Waals surface area contributed by atoms with Gasteiger partial charge in [-0.3, -0.25) is 0 Å². The number of aromatic nitrogens is 2. The maximum atomic E-state index is 5.52. The molecule has 3 N–H and O–H groups in total. The molecule has 1 unspecified atom stereocenters. The zero-order valence-corrected chi connectivity index (χ0v) is 11.8. The molecule has 0 spiro atoms. The van der Waals surface area contributed by atoms with Crippen LogP contribution in [0.15, 0.2) is 12.3 Å². The summed E-state index contributed by atoms with van der Waals surface area (Å²) in [6.07, 6.45) is 2.75. The topological polar surface area (TPSA) is 63.8 Å². The van der Waals surface area contributed by atoms with E-state index >= 15 is 0 Å². The zero-order chi connectivity index (χ0) is 12.7. The Hall–Kier alpha value is -0.880. The summed E-state index contributed by atoms with van der Waals surface area (Å²) in [5, 5.41) is 3.25. The molecule has 0 saturated heterocycles. The van der Waals surface area contributed by atoms with Crippen molar-refractivity contribution in [1.29, 1.82) is 0 Å². The van der Waals surface area contributed by atoms with Crippen LogP contribution < -0.4 is 11.1 Å². The molecule has 1 rings (SSSR count). The molecule has 0 aliphatic heterocycles. The molecule has 1 aromatic rings. The van der Waals surface area contributed by atoms with E-state index in [1.807, 2.05) is 11.8 Å². The molecule has 0 fully saturated rings. The minimum Gasteiger partial charge on any atom is -0.388 e. The van der Waals surface area contributed by atoms with Gasteiger partial charge in [0.05, 0.1) is 0 Å². The molecule has 0 bridgehead atoms. The molecule has 4 nitrogen and oxygen atoms in total. The number of anilines is 1. The second kappa shape index (κ2) is 7.45.